The van der Waals surface area contributed by atoms with E-state index < -0.39 is 0 Å². The lowest BCUT2D eigenvalue weighted by atomic mass is 9.98. The molecule has 0 aliphatic heterocycles. The SMILES string of the molecule is CN(C)C(=O)c1ccc(NCCOC2CCCCC2)nn1. The third-order valence-electron chi connectivity index (χ3n) is 3.60. The summed E-state index contributed by atoms with van der Waals surface area (Å²) in [6.45, 7) is 1.37. The van der Waals surface area contributed by atoms with Crippen LogP contribution < -0.4 is 5.32 Å². The van der Waals surface area contributed by atoms with Crippen LogP contribution in [0.25, 0.3) is 0 Å². The Morgan fingerprint density at radius 3 is 2.67 bits per heavy atom. The highest BCUT2D eigenvalue weighted by Gasteiger charge is 2.13. The number of hydrogen-bond acceptors (Lipinski definition) is 5. The van der Waals surface area contributed by atoms with Gasteiger partial charge in [-0.15, -0.1) is 10.2 Å². The molecule has 0 spiro atoms. The summed E-state index contributed by atoms with van der Waals surface area (Å²) in [4.78, 5) is 13.2. The molecule has 1 amide bonds. The molecular formula is C15H24N4O2. The van der Waals surface area contributed by atoms with Crippen molar-refractivity contribution in [2.75, 3.05) is 32.6 Å². The molecule has 6 heteroatoms. The Balaban J connectivity index is 1.69. The van der Waals surface area contributed by atoms with Crippen LogP contribution in [0.4, 0.5) is 5.82 Å². The summed E-state index contributed by atoms with van der Waals surface area (Å²) in [5.41, 5.74) is 0.351. The summed E-state index contributed by atoms with van der Waals surface area (Å²) in [5, 5.41) is 11.1. The van der Waals surface area contributed by atoms with Gasteiger partial charge in [0, 0.05) is 20.6 Å². The molecule has 1 aromatic heterocycles. The van der Waals surface area contributed by atoms with E-state index in [-0.39, 0.29) is 5.91 Å². The number of carbonyl (C=O) groups is 1. The largest absolute Gasteiger partial charge is 0.376 e. The molecule has 0 bridgehead atoms. The van der Waals surface area contributed by atoms with E-state index in [0.717, 1.165) is 0 Å². The van der Waals surface area contributed by atoms with E-state index in [0.29, 0.717) is 30.8 Å². The van der Waals surface area contributed by atoms with Crippen LogP contribution in [-0.2, 0) is 4.74 Å². The lowest BCUT2D eigenvalue weighted by molar-refractivity contribution is 0.0347. The van der Waals surface area contributed by atoms with Gasteiger partial charge in [-0.05, 0) is 25.0 Å². The molecule has 0 aromatic carbocycles. The number of aromatic nitrogens is 2. The minimum absolute atomic E-state index is 0.144. The molecule has 21 heavy (non-hydrogen) atoms. The van der Waals surface area contributed by atoms with Crippen molar-refractivity contribution in [1.82, 2.24) is 15.1 Å². The number of ether oxygens (including phenoxy) is 1. The molecule has 1 N–H and O–H groups in total. The molecule has 0 saturated heterocycles. The maximum atomic E-state index is 11.7. The van der Waals surface area contributed by atoms with Gasteiger partial charge >= 0.3 is 0 Å². The highest BCUT2D eigenvalue weighted by atomic mass is 16.5. The number of rotatable bonds is 6. The van der Waals surface area contributed by atoms with E-state index in [1.807, 2.05) is 0 Å². The van der Waals surface area contributed by atoms with Crippen LogP contribution in [0.15, 0.2) is 12.1 Å². The van der Waals surface area contributed by atoms with Crippen molar-refractivity contribution in [3.8, 4) is 0 Å². The quantitative estimate of drug-likeness (QED) is 0.812. The second-order valence-electron chi connectivity index (χ2n) is 5.56. The average molecular weight is 292 g/mol. The number of nitrogens with one attached hydrogen (secondary N) is 1. The number of nitrogens with zero attached hydrogens (tertiary/aromatic N) is 3. The van der Waals surface area contributed by atoms with Crippen molar-refractivity contribution in [2.45, 2.75) is 38.2 Å². The van der Waals surface area contributed by atoms with Crippen molar-refractivity contribution < 1.29 is 9.53 Å². The van der Waals surface area contributed by atoms with E-state index >= 15 is 0 Å². The third kappa shape index (κ3) is 4.97. The molecule has 1 saturated carbocycles. The third-order valence-corrected chi connectivity index (χ3v) is 3.60. The van der Waals surface area contributed by atoms with Gasteiger partial charge < -0.3 is 15.0 Å². The van der Waals surface area contributed by atoms with E-state index in [4.69, 9.17) is 4.74 Å². The molecule has 1 aliphatic carbocycles. The molecule has 116 valence electrons. The van der Waals surface area contributed by atoms with Crippen LogP contribution in [0.1, 0.15) is 42.6 Å². The van der Waals surface area contributed by atoms with Gasteiger partial charge in [-0.25, -0.2) is 0 Å². The smallest absolute Gasteiger partial charge is 0.273 e. The molecule has 0 unspecified atom stereocenters. The highest BCUT2D eigenvalue weighted by molar-refractivity contribution is 5.91. The first-order chi connectivity index (χ1) is 10.2. The number of amides is 1. The zero-order valence-electron chi connectivity index (χ0n) is 12.8. The Kier molecular flexibility index (Phi) is 5.92. The molecule has 6 nitrogen and oxygen atoms in total. The first-order valence-electron chi connectivity index (χ1n) is 7.57. The van der Waals surface area contributed by atoms with Crippen LogP contribution >= 0.6 is 0 Å². The summed E-state index contributed by atoms with van der Waals surface area (Å²) in [6.07, 6.45) is 6.69. The fourth-order valence-corrected chi connectivity index (χ4v) is 2.41. The van der Waals surface area contributed by atoms with Gasteiger partial charge in [0.25, 0.3) is 5.91 Å². The zero-order chi connectivity index (χ0) is 15.1. The summed E-state index contributed by atoms with van der Waals surface area (Å²) in [5.74, 6) is 0.521. The number of anilines is 1. The second kappa shape index (κ2) is 7.93. The van der Waals surface area contributed by atoms with Crippen LogP contribution in [0, 0.1) is 0 Å². The molecular weight excluding hydrogens is 268 g/mol. The second-order valence-corrected chi connectivity index (χ2v) is 5.56. The monoisotopic (exact) mass is 292 g/mol. The molecule has 1 aromatic rings. The average Bonchev–Trinajstić information content (AvgIpc) is 2.52. The van der Waals surface area contributed by atoms with Crippen molar-refractivity contribution in [3.63, 3.8) is 0 Å². The topological polar surface area (TPSA) is 67.4 Å². The van der Waals surface area contributed by atoms with Gasteiger partial charge in [-0.3, -0.25) is 4.79 Å². The molecule has 1 fully saturated rings. The van der Waals surface area contributed by atoms with Gasteiger partial charge in [0.05, 0.1) is 12.7 Å². The normalized spacial score (nSPS) is 15.7. The van der Waals surface area contributed by atoms with Crippen molar-refractivity contribution in [1.29, 1.82) is 0 Å². The summed E-state index contributed by atoms with van der Waals surface area (Å²) in [7, 11) is 3.39. The van der Waals surface area contributed by atoms with Crippen LogP contribution in [0.3, 0.4) is 0 Å². The minimum Gasteiger partial charge on any atom is -0.376 e. The number of hydrogen-bond donors (Lipinski definition) is 1. The van der Waals surface area contributed by atoms with Gasteiger partial charge in [0.2, 0.25) is 0 Å². The van der Waals surface area contributed by atoms with Crippen LogP contribution in [0.2, 0.25) is 0 Å². The number of carbonyl (C=O) groups excluding carboxylic acids is 1. The summed E-state index contributed by atoms with van der Waals surface area (Å²) < 4.78 is 5.83. The lowest BCUT2D eigenvalue weighted by Crippen LogP contribution is -2.23. The molecule has 2 rings (SSSR count). The summed E-state index contributed by atoms with van der Waals surface area (Å²) >= 11 is 0. The first-order valence-corrected chi connectivity index (χ1v) is 7.57. The van der Waals surface area contributed by atoms with E-state index in [1.54, 1.807) is 26.2 Å². The Bertz CT molecular complexity index is 441. The maximum absolute atomic E-state index is 11.7. The first kappa shape index (κ1) is 15.7. The predicted molar refractivity (Wildman–Crippen MR) is 81.4 cm³/mol. The van der Waals surface area contributed by atoms with Crippen molar-refractivity contribution in [3.05, 3.63) is 17.8 Å². The minimum atomic E-state index is -0.144. The Hall–Kier alpha value is -1.69. The Morgan fingerprint density at radius 1 is 1.29 bits per heavy atom. The summed E-state index contributed by atoms with van der Waals surface area (Å²) in [6, 6.07) is 3.45. The van der Waals surface area contributed by atoms with Crippen molar-refractivity contribution in [2.24, 2.45) is 0 Å². The molecule has 1 heterocycles. The van der Waals surface area contributed by atoms with Gasteiger partial charge in [0.1, 0.15) is 5.82 Å². The standard InChI is InChI=1S/C15H24N4O2/c1-19(2)15(20)13-8-9-14(18-17-13)16-10-11-21-12-6-4-3-5-7-12/h8-9,12H,3-7,10-11H2,1-2H3,(H,16,18). The molecule has 1 aliphatic rings. The van der Waals surface area contributed by atoms with E-state index in [1.165, 1.54) is 37.0 Å². The molecule has 0 atom stereocenters. The van der Waals surface area contributed by atoms with E-state index in [9.17, 15) is 4.79 Å². The lowest BCUT2D eigenvalue weighted by Gasteiger charge is -2.22. The van der Waals surface area contributed by atoms with Crippen molar-refractivity contribution >= 4 is 11.7 Å². The zero-order valence-corrected chi connectivity index (χ0v) is 12.8. The van der Waals surface area contributed by atoms with E-state index in [2.05, 4.69) is 15.5 Å². The fourth-order valence-electron chi connectivity index (χ4n) is 2.41. The Morgan fingerprint density at radius 2 is 2.05 bits per heavy atom. The van der Waals surface area contributed by atoms with Gasteiger partial charge in [-0.1, -0.05) is 19.3 Å². The highest BCUT2D eigenvalue weighted by Crippen LogP contribution is 2.19. The van der Waals surface area contributed by atoms with Crippen LogP contribution in [-0.4, -0.2) is 54.4 Å². The van der Waals surface area contributed by atoms with Crippen LogP contribution in [0.5, 0.6) is 0 Å². The Labute approximate surface area is 125 Å². The maximum Gasteiger partial charge on any atom is 0.273 e. The van der Waals surface area contributed by atoms with Gasteiger partial charge in [-0.2, -0.15) is 0 Å². The predicted octanol–water partition coefficient (Wildman–Crippen LogP) is 1.94. The van der Waals surface area contributed by atoms with Gasteiger partial charge in [0.15, 0.2) is 5.69 Å². The molecule has 0 radical (unpaired) electrons. The fraction of sp³-hybridized carbons (Fsp3) is 0.667.